The number of aliphatic carboxylic acids is 1. The summed E-state index contributed by atoms with van der Waals surface area (Å²) < 4.78 is 40.5. The SMILES string of the molecule is C1CCC(NC2CCCCC2)CC1.Cc1c(C)c(S(=O)(=O)NC(=N)c2ccccc2)c(C)c2c1OC(C)(CCOCC(=O)O)CC2. The first kappa shape index (κ1) is 35.9. The smallest absolute Gasteiger partial charge is 0.329 e. The highest BCUT2D eigenvalue weighted by molar-refractivity contribution is 7.90. The van der Waals surface area contributed by atoms with E-state index >= 15 is 0 Å². The topological polar surface area (TPSA) is 138 Å². The molecule has 2 aliphatic carbocycles. The maximum absolute atomic E-state index is 13.3. The summed E-state index contributed by atoms with van der Waals surface area (Å²) in [4.78, 5) is 10.8. The zero-order valence-electron chi connectivity index (χ0n) is 28.0. The standard InChI is InChI=1S/C24H30N2O6S.C12H23N/c1-15-16(2)22(33(29,30)26-23(25)18-8-6-5-7-9-18)17(3)19-10-11-24(4,32-21(15)19)12-13-31-14-20(27)28;1-3-7-11(8-4-1)13-12-9-5-2-6-10-12/h5-9H,10-14H2,1-4H3,(H2,25,26)(H,27,28);11-13H,1-10H2. The Morgan fingerprint density at radius 2 is 1.54 bits per heavy atom. The molecule has 0 spiro atoms. The van der Waals surface area contributed by atoms with Crippen LogP contribution in [-0.2, 0) is 26.0 Å². The Hall–Kier alpha value is -2.95. The average molecular weight is 656 g/mol. The zero-order chi connectivity index (χ0) is 33.3. The lowest BCUT2D eigenvalue weighted by atomic mass is 9.86. The van der Waals surface area contributed by atoms with Gasteiger partial charge in [-0.25, -0.2) is 13.2 Å². The summed E-state index contributed by atoms with van der Waals surface area (Å²) in [6, 6.07) is 10.4. The van der Waals surface area contributed by atoms with Crippen LogP contribution in [0.15, 0.2) is 35.2 Å². The molecule has 2 saturated carbocycles. The predicted octanol–water partition coefficient (Wildman–Crippen LogP) is 6.73. The first-order valence-electron chi connectivity index (χ1n) is 16.9. The summed E-state index contributed by atoms with van der Waals surface area (Å²) >= 11 is 0. The molecule has 46 heavy (non-hydrogen) atoms. The maximum atomic E-state index is 13.3. The molecule has 1 atom stereocenters. The summed E-state index contributed by atoms with van der Waals surface area (Å²) in [6.07, 6.45) is 16.4. The summed E-state index contributed by atoms with van der Waals surface area (Å²) in [5, 5.41) is 20.8. The van der Waals surface area contributed by atoms with Gasteiger partial charge in [-0.15, -0.1) is 0 Å². The molecule has 0 aromatic heterocycles. The lowest BCUT2D eigenvalue weighted by Gasteiger charge is -2.38. The zero-order valence-corrected chi connectivity index (χ0v) is 28.9. The second-order valence-corrected chi connectivity index (χ2v) is 15.1. The normalized spacial score (nSPS) is 20.5. The van der Waals surface area contributed by atoms with E-state index in [-0.39, 0.29) is 23.9 Å². The van der Waals surface area contributed by atoms with Crippen LogP contribution in [0.4, 0.5) is 0 Å². The number of fused-ring (bicyclic) bond motifs is 1. The Balaban J connectivity index is 0.000000305. The molecule has 1 aliphatic heterocycles. The van der Waals surface area contributed by atoms with E-state index in [0.717, 1.165) is 23.2 Å². The minimum atomic E-state index is -3.99. The molecule has 10 heteroatoms. The number of hydrogen-bond donors (Lipinski definition) is 4. The van der Waals surface area contributed by atoms with Gasteiger partial charge in [0.15, 0.2) is 0 Å². The van der Waals surface area contributed by atoms with Gasteiger partial charge in [-0.1, -0.05) is 68.9 Å². The minimum Gasteiger partial charge on any atom is -0.487 e. The molecule has 2 fully saturated rings. The highest BCUT2D eigenvalue weighted by Crippen LogP contribution is 2.43. The first-order chi connectivity index (χ1) is 21.9. The second kappa shape index (κ2) is 16.2. The number of nitrogens with one attached hydrogen (secondary N) is 3. The Morgan fingerprint density at radius 1 is 0.957 bits per heavy atom. The molecule has 2 aromatic rings. The Bertz CT molecular complexity index is 1430. The van der Waals surface area contributed by atoms with E-state index in [4.69, 9.17) is 20.0 Å². The molecule has 0 radical (unpaired) electrons. The molecular formula is C36H53N3O6S. The lowest BCUT2D eigenvalue weighted by molar-refractivity contribution is -0.142. The molecule has 5 rings (SSSR count). The molecular weight excluding hydrogens is 602 g/mol. The Labute approximate surface area is 275 Å². The summed E-state index contributed by atoms with van der Waals surface area (Å²) in [5.74, 6) is -0.524. The predicted molar refractivity (Wildman–Crippen MR) is 182 cm³/mol. The number of rotatable bonds is 10. The molecule has 1 heterocycles. The van der Waals surface area contributed by atoms with Crippen LogP contribution in [0.1, 0.15) is 112 Å². The second-order valence-electron chi connectivity index (χ2n) is 13.4. The van der Waals surface area contributed by atoms with Gasteiger partial charge in [0.2, 0.25) is 0 Å². The average Bonchev–Trinajstić information content (AvgIpc) is 3.03. The third-order valence-corrected chi connectivity index (χ3v) is 11.4. The number of carboxylic acids is 1. The molecule has 0 saturated heterocycles. The molecule has 254 valence electrons. The number of amidine groups is 1. The minimum absolute atomic E-state index is 0.177. The summed E-state index contributed by atoms with van der Waals surface area (Å²) in [7, 11) is -3.99. The number of hydrogen-bond acceptors (Lipinski definition) is 7. The lowest BCUT2D eigenvalue weighted by Crippen LogP contribution is -2.40. The van der Waals surface area contributed by atoms with Crippen molar-refractivity contribution in [3.05, 3.63) is 58.1 Å². The van der Waals surface area contributed by atoms with Crippen LogP contribution in [0.25, 0.3) is 0 Å². The van der Waals surface area contributed by atoms with E-state index in [9.17, 15) is 13.2 Å². The van der Waals surface area contributed by atoms with Crippen molar-refractivity contribution in [3.8, 4) is 5.75 Å². The van der Waals surface area contributed by atoms with Crippen molar-refractivity contribution >= 4 is 21.8 Å². The molecule has 0 bridgehead atoms. The number of benzene rings is 2. The van der Waals surface area contributed by atoms with Gasteiger partial charge in [-0.05, 0) is 88.5 Å². The van der Waals surface area contributed by atoms with E-state index in [0.29, 0.717) is 41.7 Å². The maximum Gasteiger partial charge on any atom is 0.329 e. The van der Waals surface area contributed by atoms with E-state index in [1.54, 1.807) is 44.2 Å². The van der Waals surface area contributed by atoms with Crippen molar-refractivity contribution in [1.82, 2.24) is 10.0 Å². The fraction of sp³-hybridized carbons (Fsp3) is 0.611. The van der Waals surface area contributed by atoms with Crippen LogP contribution < -0.4 is 14.8 Å². The van der Waals surface area contributed by atoms with Crippen molar-refractivity contribution in [2.75, 3.05) is 13.2 Å². The molecule has 2 aromatic carbocycles. The van der Waals surface area contributed by atoms with E-state index in [1.165, 1.54) is 64.2 Å². The third-order valence-electron chi connectivity index (χ3n) is 9.81. The van der Waals surface area contributed by atoms with Crippen molar-refractivity contribution in [2.45, 2.75) is 134 Å². The molecule has 0 amide bonds. The van der Waals surface area contributed by atoms with Crippen LogP contribution in [0.5, 0.6) is 5.75 Å². The Kier molecular flexibility index (Phi) is 12.7. The third kappa shape index (κ3) is 9.55. The Morgan fingerprint density at radius 3 is 2.11 bits per heavy atom. The first-order valence-corrected chi connectivity index (χ1v) is 18.4. The monoisotopic (exact) mass is 655 g/mol. The van der Waals surface area contributed by atoms with Crippen molar-refractivity contribution in [3.63, 3.8) is 0 Å². The largest absolute Gasteiger partial charge is 0.487 e. The number of carboxylic acid groups (broad SMARTS) is 1. The van der Waals surface area contributed by atoms with Gasteiger partial charge in [0.1, 0.15) is 23.8 Å². The van der Waals surface area contributed by atoms with Crippen LogP contribution in [0.2, 0.25) is 0 Å². The fourth-order valence-corrected chi connectivity index (χ4v) is 8.60. The summed E-state index contributed by atoms with van der Waals surface area (Å²) in [5.41, 5.74) is 2.71. The molecule has 1 unspecified atom stereocenters. The fourth-order valence-electron chi connectivity index (χ4n) is 7.03. The van der Waals surface area contributed by atoms with Crippen molar-refractivity contribution < 1.29 is 27.8 Å². The van der Waals surface area contributed by atoms with Gasteiger partial charge in [-0.3, -0.25) is 10.1 Å². The van der Waals surface area contributed by atoms with E-state index < -0.39 is 21.6 Å². The van der Waals surface area contributed by atoms with Crippen LogP contribution >= 0.6 is 0 Å². The van der Waals surface area contributed by atoms with Crippen molar-refractivity contribution in [1.29, 1.82) is 5.41 Å². The molecule has 9 nitrogen and oxygen atoms in total. The van der Waals surface area contributed by atoms with E-state index in [1.807, 2.05) is 13.8 Å². The van der Waals surface area contributed by atoms with Gasteiger partial charge in [0, 0.05) is 24.1 Å². The van der Waals surface area contributed by atoms with Gasteiger partial charge in [0.05, 0.1) is 11.5 Å². The van der Waals surface area contributed by atoms with Crippen LogP contribution in [0, 0.1) is 26.2 Å². The van der Waals surface area contributed by atoms with Gasteiger partial charge in [0.25, 0.3) is 10.0 Å². The van der Waals surface area contributed by atoms with Crippen LogP contribution in [-0.4, -0.2) is 56.2 Å². The van der Waals surface area contributed by atoms with E-state index in [2.05, 4.69) is 10.0 Å². The number of carbonyl (C=O) groups is 1. The number of sulfonamides is 1. The van der Waals surface area contributed by atoms with Crippen LogP contribution in [0.3, 0.4) is 0 Å². The molecule has 3 aliphatic rings. The quantitative estimate of drug-likeness (QED) is 0.126. The highest BCUT2D eigenvalue weighted by atomic mass is 32.2. The number of ether oxygens (including phenoxy) is 2. The van der Waals surface area contributed by atoms with Crippen molar-refractivity contribution in [2.24, 2.45) is 0 Å². The summed E-state index contributed by atoms with van der Waals surface area (Å²) in [6.45, 7) is 7.21. The highest BCUT2D eigenvalue weighted by Gasteiger charge is 2.36. The van der Waals surface area contributed by atoms with Gasteiger partial charge >= 0.3 is 5.97 Å². The van der Waals surface area contributed by atoms with Gasteiger partial charge in [-0.2, -0.15) is 0 Å². The molecule has 4 N–H and O–H groups in total. The van der Waals surface area contributed by atoms with Gasteiger partial charge < -0.3 is 19.9 Å².